The van der Waals surface area contributed by atoms with E-state index in [0.717, 1.165) is 25.8 Å². The molecule has 11 heavy (non-hydrogen) atoms. The van der Waals surface area contributed by atoms with Crippen molar-refractivity contribution in [3.05, 3.63) is 12.2 Å². The van der Waals surface area contributed by atoms with Gasteiger partial charge in [0.1, 0.15) is 0 Å². The number of carbonyl (C=O) groups is 1. The molecule has 0 bridgehead atoms. The van der Waals surface area contributed by atoms with Gasteiger partial charge in [0, 0.05) is 6.54 Å². The molecule has 0 saturated carbocycles. The number of hydrogen-bond donors (Lipinski definition) is 1. The van der Waals surface area contributed by atoms with Crippen LogP contribution in [0.15, 0.2) is 12.2 Å². The summed E-state index contributed by atoms with van der Waals surface area (Å²) in [5.41, 5.74) is 0. The number of allylic oxidation sites excluding steroid dienone is 1. The molecule has 2 heteroatoms. The minimum atomic E-state index is 0.0281. The van der Waals surface area contributed by atoms with Gasteiger partial charge >= 0.3 is 0 Å². The minimum absolute atomic E-state index is 0.0281. The maximum Gasteiger partial charge on any atom is 0.243 e. The Morgan fingerprint density at radius 1 is 1.45 bits per heavy atom. The average molecular weight is 155 g/mol. The molecule has 0 saturated heterocycles. The number of nitrogens with one attached hydrogen (secondary N) is 1. The summed E-state index contributed by atoms with van der Waals surface area (Å²) in [5.74, 6) is 0.0281. The van der Waals surface area contributed by atoms with Crippen LogP contribution in [0.3, 0.4) is 0 Å². The van der Waals surface area contributed by atoms with Gasteiger partial charge in [-0.05, 0) is 18.9 Å². The summed E-state index contributed by atoms with van der Waals surface area (Å²) >= 11 is 0. The molecule has 0 aromatic carbocycles. The molecule has 0 fully saturated rings. The fourth-order valence-electron chi connectivity index (χ4n) is 0.672. The predicted octanol–water partition coefficient (Wildman–Crippen LogP) is 1.87. The Labute approximate surface area is 68.7 Å². The van der Waals surface area contributed by atoms with E-state index < -0.39 is 0 Å². The second kappa shape index (κ2) is 7.32. The van der Waals surface area contributed by atoms with E-state index in [-0.39, 0.29) is 5.91 Å². The first-order valence-electron chi connectivity index (χ1n) is 4.25. The molecule has 0 unspecified atom stereocenters. The second-order valence-electron chi connectivity index (χ2n) is 2.46. The smallest absolute Gasteiger partial charge is 0.243 e. The minimum Gasteiger partial charge on any atom is -0.353 e. The second-order valence-corrected chi connectivity index (χ2v) is 2.46. The molecule has 0 atom stereocenters. The third-order valence-corrected chi connectivity index (χ3v) is 1.33. The molecule has 0 aromatic heterocycles. The third kappa shape index (κ3) is 7.10. The lowest BCUT2D eigenvalue weighted by Gasteiger charge is -1.98. The zero-order chi connectivity index (χ0) is 8.53. The first-order chi connectivity index (χ1) is 5.31. The van der Waals surface area contributed by atoms with Crippen molar-refractivity contribution in [1.29, 1.82) is 0 Å². The van der Waals surface area contributed by atoms with Crippen molar-refractivity contribution in [3.8, 4) is 0 Å². The predicted molar refractivity (Wildman–Crippen MR) is 47.3 cm³/mol. The van der Waals surface area contributed by atoms with Crippen LogP contribution in [0.5, 0.6) is 0 Å². The van der Waals surface area contributed by atoms with Crippen molar-refractivity contribution >= 4 is 5.91 Å². The SMILES string of the molecule is CC/C=C\C(=O)NCCCC. The van der Waals surface area contributed by atoms with Crippen molar-refractivity contribution in [3.63, 3.8) is 0 Å². The van der Waals surface area contributed by atoms with Gasteiger partial charge < -0.3 is 5.32 Å². The van der Waals surface area contributed by atoms with Crippen LogP contribution in [0.2, 0.25) is 0 Å². The monoisotopic (exact) mass is 155 g/mol. The van der Waals surface area contributed by atoms with Crippen LogP contribution in [-0.2, 0) is 4.79 Å². The first kappa shape index (κ1) is 10.2. The molecule has 0 heterocycles. The maximum absolute atomic E-state index is 10.9. The van der Waals surface area contributed by atoms with Crippen LogP contribution in [0.4, 0.5) is 0 Å². The highest BCUT2D eigenvalue weighted by atomic mass is 16.1. The van der Waals surface area contributed by atoms with E-state index in [4.69, 9.17) is 0 Å². The quantitative estimate of drug-likeness (QED) is 0.476. The topological polar surface area (TPSA) is 29.1 Å². The van der Waals surface area contributed by atoms with Gasteiger partial charge in [-0.2, -0.15) is 0 Å². The Morgan fingerprint density at radius 3 is 2.73 bits per heavy atom. The van der Waals surface area contributed by atoms with Crippen LogP contribution in [0.1, 0.15) is 33.1 Å². The molecule has 0 aromatic rings. The van der Waals surface area contributed by atoms with Crippen LogP contribution in [-0.4, -0.2) is 12.5 Å². The van der Waals surface area contributed by atoms with Crippen LogP contribution in [0, 0.1) is 0 Å². The van der Waals surface area contributed by atoms with Crippen molar-refractivity contribution in [2.24, 2.45) is 0 Å². The van der Waals surface area contributed by atoms with Crippen LogP contribution >= 0.6 is 0 Å². The van der Waals surface area contributed by atoms with Crippen LogP contribution < -0.4 is 5.32 Å². The molecule has 2 nitrogen and oxygen atoms in total. The summed E-state index contributed by atoms with van der Waals surface area (Å²) in [4.78, 5) is 10.9. The van der Waals surface area contributed by atoms with Gasteiger partial charge in [-0.3, -0.25) is 4.79 Å². The Kier molecular flexibility index (Phi) is 6.79. The number of carbonyl (C=O) groups excluding carboxylic acids is 1. The summed E-state index contributed by atoms with van der Waals surface area (Å²) in [5, 5.41) is 2.79. The average Bonchev–Trinajstić information content (AvgIpc) is 2.01. The lowest BCUT2D eigenvalue weighted by molar-refractivity contribution is -0.116. The van der Waals surface area contributed by atoms with Crippen molar-refractivity contribution in [2.45, 2.75) is 33.1 Å². The molecule has 1 N–H and O–H groups in total. The highest BCUT2D eigenvalue weighted by Crippen LogP contribution is 1.83. The lowest BCUT2D eigenvalue weighted by Crippen LogP contribution is -2.21. The van der Waals surface area contributed by atoms with Gasteiger partial charge in [0.15, 0.2) is 0 Å². The van der Waals surface area contributed by atoms with Gasteiger partial charge in [0.05, 0.1) is 0 Å². The zero-order valence-electron chi connectivity index (χ0n) is 7.39. The molecule has 64 valence electrons. The Morgan fingerprint density at radius 2 is 2.18 bits per heavy atom. The normalized spacial score (nSPS) is 10.4. The summed E-state index contributed by atoms with van der Waals surface area (Å²) < 4.78 is 0. The third-order valence-electron chi connectivity index (χ3n) is 1.33. The highest BCUT2D eigenvalue weighted by molar-refractivity contribution is 5.87. The van der Waals surface area contributed by atoms with Gasteiger partial charge in [-0.25, -0.2) is 0 Å². The van der Waals surface area contributed by atoms with E-state index in [0.29, 0.717) is 0 Å². The Bertz CT molecular complexity index is 130. The zero-order valence-corrected chi connectivity index (χ0v) is 7.39. The Balaban J connectivity index is 3.30. The molecular formula is C9H17NO. The molecular weight excluding hydrogens is 138 g/mol. The van der Waals surface area contributed by atoms with Crippen LogP contribution in [0.25, 0.3) is 0 Å². The summed E-state index contributed by atoms with van der Waals surface area (Å²) in [6.45, 7) is 4.91. The fourth-order valence-corrected chi connectivity index (χ4v) is 0.672. The van der Waals surface area contributed by atoms with E-state index in [1.807, 2.05) is 13.0 Å². The molecule has 1 amide bonds. The number of rotatable bonds is 5. The number of unbranched alkanes of at least 4 members (excludes halogenated alkanes) is 1. The lowest BCUT2D eigenvalue weighted by atomic mass is 10.3. The standard InChI is InChI=1S/C9H17NO/c1-3-5-7-9(11)10-8-6-4-2/h5,7H,3-4,6,8H2,1-2H3,(H,10,11)/b7-5-. The molecule has 0 aliphatic carbocycles. The van der Waals surface area contributed by atoms with Gasteiger partial charge in [0.2, 0.25) is 5.91 Å². The molecule has 0 aliphatic heterocycles. The number of hydrogen-bond acceptors (Lipinski definition) is 1. The van der Waals surface area contributed by atoms with Gasteiger partial charge in [-0.15, -0.1) is 0 Å². The van der Waals surface area contributed by atoms with E-state index >= 15 is 0 Å². The van der Waals surface area contributed by atoms with E-state index in [2.05, 4.69) is 12.2 Å². The molecule has 0 aliphatic rings. The molecule has 0 radical (unpaired) electrons. The highest BCUT2D eigenvalue weighted by Gasteiger charge is 1.90. The van der Waals surface area contributed by atoms with Crippen molar-refractivity contribution < 1.29 is 4.79 Å². The first-order valence-corrected chi connectivity index (χ1v) is 4.25. The summed E-state index contributed by atoms with van der Waals surface area (Å²) in [6, 6.07) is 0. The summed E-state index contributed by atoms with van der Waals surface area (Å²) in [6.07, 6.45) is 6.56. The molecule has 0 rings (SSSR count). The fraction of sp³-hybridized carbons (Fsp3) is 0.667. The number of amides is 1. The van der Waals surface area contributed by atoms with Gasteiger partial charge in [0.25, 0.3) is 0 Å². The van der Waals surface area contributed by atoms with E-state index in [1.54, 1.807) is 6.08 Å². The van der Waals surface area contributed by atoms with Crippen molar-refractivity contribution in [1.82, 2.24) is 5.32 Å². The van der Waals surface area contributed by atoms with E-state index in [1.165, 1.54) is 0 Å². The van der Waals surface area contributed by atoms with Crippen molar-refractivity contribution in [2.75, 3.05) is 6.54 Å². The Hall–Kier alpha value is -0.790. The summed E-state index contributed by atoms with van der Waals surface area (Å²) in [7, 11) is 0. The van der Waals surface area contributed by atoms with E-state index in [9.17, 15) is 4.79 Å². The largest absolute Gasteiger partial charge is 0.353 e. The molecule has 0 spiro atoms. The van der Waals surface area contributed by atoms with Gasteiger partial charge in [-0.1, -0.05) is 26.3 Å². The maximum atomic E-state index is 10.9.